The summed E-state index contributed by atoms with van der Waals surface area (Å²) in [5.41, 5.74) is 5.84. The first kappa shape index (κ1) is 10.4. The van der Waals surface area contributed by atoms with Crippen LogP contribution in [0.25, 0.3) is 0 Å². The van der Waals surface area contributed by atoms with Crippen LogP contribution in [-0.4, -0.2) is 54.1 Å². The summed E-state index contributed by atoms with van der Waals surface area (Å²) in [5.74, 6) is 0. The summed E-state index contributed by atoms with van der Waals surface area (Å²) < 4.78 is 0. The Kier molecular flexibility index (Phi) is 3.10. The van der Waals surface area contributed by atoms with Crippen LogP contribution in [-0.2, 0) is 0 Å². The van der Waals surface area contributed by atoms with Crippen molar-refractivity contribution in [3.8, 4) is 0 Å². The molecule has 1 aliphatic heterocycles. The molecule has 82 valence electrons. The van der Waals surface area contributed by atoms with E-state index in [-0.39, 0.29) is 0 Å². The normalized spacial score (nSPS) is 33.2. The predicted octanol–water partition coefficient (Wildman–Crippen LogP) is 0.502. The molecule has 0 aromatic heterocycles. The van der Waals surface area contributed by atoms with Crippen LogP contribution < -0.4 is 5.73 Å². The Hall–Kier alpha value is -0.120. The van der Waals surface area contributed by atoms with Gasteiger partial charge < -0.3 is 5.73 Å². The molecule has 0 radical (unpaired) electrons. The summed E-state index contributed by atoms with van der Waals surface area (Å²) in [6.07, 6.45) is 2.86. The smallest absolute Gasteiger partial charge is 0.0196 e. The molecule has 2 fully saturated rings. The lowest BCUT2D eigenvalue weighted by Gasteiger charge is -2.40. The Balaban J connectivity index is 1.80. The van der Waals surface area contributed by atoms with Crippen LogP contribution in [0.15, 0.2) is 0 Å². The highest BCUT2D eigenvalue weighted by Gasteiger charge is 2.33. The van der Waals surface area contributed by atoms with E-state index >= 15 is 0 Å². The fourth-order valence-electron chi connectivity index (χ4n) is 2.44. The Labute approximate surface area is 87.2 Å². The van der Waals surface area contributed by atoms with Gasteiger partial charge in [-0.25, -0.2) is 0 Å². The van der Waals surface area contributed by atoms with Gasteiger partial charge in [0.05, 0.1) is 0 Å². The zero-order chi connectivity index (χ0) is 10.1. The molecule has 14 heavy (non-hydrogen) atoms. The van der Waals surface area contributed by atoms with Gasteiger partial charge in [0.15, 0.2) is 0 Å². The minimum absolute atomic E-state index is 0.310. The van der Waals surface area contributed by atoms with E-state index in [0.29, 0.717) is 12.1 Å². The van der Waals surface area contributed by atoms with Crippen molar-refractivity contribution in [3.63, 3.8) is 0 Å². The average molecular weight is 197 g/mol. The average Bonchev–Trinajstić information content (AvgIpc) is 2.90. The quantitative estimate of drug-likeness (QED) is 0.715. The van der Waals surface area contributed by atoms with E-state index in [1.54, 1.807) is 0 Å². The lowest BCUT2D eigenvalue weighted by Crippen LogP contribution is -2.54. The zero-order valence-corrected chi connectivity index (χ0v) is 9.45. The van der Waals surface area contributed by atoms with Gasteiger partial charge in [-0.15, -0.1) is 0 Å². The van der Waals surface area contributed by atoms with E-state index in [1.165, 1.54) is 32.5 Å². The number of nitrogens with zero attached hydrogens (tertiary/aromatic N) is 2. The maximum absolute atomic E-state index is 5.84. The second-order valence-electron chi connectivity index (χ2n) is 5.05. The lowest BCUT2D eigenvalue weighted by atomic mass is 10.1. The molecule has 2 aliphatic rings. The Morgan fingerprint density at radius 3 is 2.57 bits per heavy atom. The summed E-state index contributed by atoms with van der Waals surface area (Å²) in [4.78, 5) is 5.19. The van der Waals surface area contributed by atoms with E-state index in [1.807, 2.05) is 0 Å². The van der Waals surface area contributed by atoms with Gasteiger partial charge in [0, 0.05) is 44.3 Å². The number of rotatable bonds is 3. The molecule has 0 amide bonds. The van der Waals surface area contributed by atoms with Crippen LogP contribution in [0.5, 0.6) is 0 Å². The maximum atomic E-state index is 5.84. The van der Waals surface area contributed by atoms with E-state index in [2.05, 4.69) is 23.6 Å². The van der Waals surface area contributed by atoms with Gasteiger partial charge in [-0.3, -0.25) is 9.80 Å². The highest BCUT2D eigenvalue weighted by atomic mass is 15.3. The second kappa shape index (κ2) is 4.17. The van der Waals surface area contributed by atoms with Crippen LogP contribution in [0.3, 0.4) is 0 Å². The van der Waals surface area contributed by atoms with Crippen molar-refractivity contribution in [2.45, 2.75) is 44.8 Å². The summed E-state index contributed by atoms with van der Waals surface area (Å²) in [6, 6.07) is 1.93. The van der Waals surface area contributed by atoms with Crippen LogP contribution in [0.1, 0.15) is 26.7 Å². The highest BCUT2D eigenvalue weighted by molar-refractivity contribution is 4.90. The number of hydrogen-bond donors (Lipinski definition) is 1. The van der Waals surface area contributed by atoms with E-state index in [9.17, 15) is 0 Å². The van der Waals surface area contributed by atoms with E-state index < -0.39 is 0 Å². The van der Waals surface area contributed by atoms with Gasteiger partial charge >= 0.3 is 0 Å². The summed E-state index contributed by atoms with van der Waals surface area (Å²) in [5, 5.41) is 0. The minimum atomic E-state index is 0.310. The van der Waals surface area contributed by atoms with Gasteiger partial charge in [0.25, 0.3) is 0 Å². The molecule has 2 N–H and O–H groups in total. The topological polar surface area (TPSA) is 32.5 Å². The molecule has 2 rings (SSSR count). The van der Waals surface area contributed by atoms with Crippen LogP contribution in [0.4, 0.5) is 0 Å². The van der Waals surface area contributed by atoms with Crippen LogP contribution >= 0.6 is 0 Å². The van der Waals surface area contributed by atoms with Crippen molar-refractivity contribution in [2.75, 3.05) is 26.2 Å². The standard InChI is InChI=1S/C11H23N3/c1-9(12)7-13-5-6-14(8-10(13)2)11-3-4-11/h9-11H,3-8,12H2,1-2H3/t9-,10?/m0/s1. The van der Waals surface area contributed by atoms with Crippen molar-refractivity contribution >= 4 is 0 Å². The fraction of sp³-hybridized carbons (Fsp3) is 1.00. The molecule has 0 spiro atoms. The Bertz CT molecular complexity index is 189. The summed E-state index contributed by atoms with van der Waals surface area (Å²) in [6.45, 7) is 9.19. The molecule has 1 saturated carbocycles. The largest absolute Gasteiger partial charge is 0.327 e. The summed E-state index contributed by atoms with van der Waals surface area (Å²) in [7, 11) is 0. The van der Waals surface area contributed by atoms with Crippen molar-refractivity contribution < 1.29 is 0 Å². The first-order chi connectivity index (χ1) is 6.66. The molecule has 2 atom stereocenters. The molecule has 1 unspecified atom stereocenters. The van der Waals surface area contributed by atoms with E-state index in [0.717, 1.165) is 12.6 Å². The van der Waals surface area contributed by atoms with Crippen molar-refractivity contribution in [2.24, 2.45) is 5.73 Å². The number of piperazine rings is 1. The zero-order valence-electron chi connectivity index (χ0n) is 9.45. The molecule has 3 heteroatoms. The molecule has 1 heterocycles. The van der Waals surface area contributed by atoms with Crippen LogP contribution in [0.2, 0.25) is 0 Å². The van der Waals surface area contributed by atoms with Gasteiger partial charge in [0.2, 0.25) is 0 Å². The number of nitrogens with two attached hydrogens (primary N) is 1. The third-order valence-corrected chi connectivity index (χ3v) is 3.38. The molecule has 0 bridgehead atoms. The molecule has 3 nitrogen and oxygen atoms in total. The fourth-order valence-corrected chi connectivity index (χ4v) is 2.44. The monoisotopic (exact) mass is 197 g/mol. The number of hydrogen-bond acceptors (Lipinski definition) is 3. The van der Waals surface area contributed by atoms with Crippen molar-refractivity contribution in [1.82, 2.24) is 9.80 Å². The minimum Gasteiger partial charge on any atom is -0.327 e. The first-order valence-corrected chi connectivity index (χ1v) is 5.90. The molecular weight excluding hydrogens is 174 g/mol. The van der Waals surface area contributed by atoms with Crippen LogP contribution in [0, 0.1) is 0 Å². The molecular formula is C11H23N3. The van der Waals surface area contributed by atoms with Crippen molar-refractivity contribution in [1.29, 1.82) is 0 Å². The van der Waals surface area contributed by atoms with Gasteiger partial charge in [-0.05, 0) is 26.7 Å². The third-order valence-electron chi connectivity index (χ3n) is 3.38. The molecule has 1 aliphatic carbocycles. The maximum Gasteiger partial charge on any atom is 0.0196 e. The van der Waals surface area contributed by atoms with Gasteiger partial charge in [-0.1, -0.05) is 0 Å². The lowest BCUT2D eigenvalue weighted by molar-refractivity contribution is 0.0753. The highest BCUT2D eigenvalue weighted by Crippen LogP contribution is 2.28. The first-order valence-electron chi connectivity index (χ1n) is 5.90. The second-order valence-corrected chi connectivity index (χ2v) is 5.05. The molecule has 0 aromatic rings. The van der Waals surface area contributed by atoms with Gasteiger partial charge in [-0.2, -0.15) is 0 Å². The molecule has 0 aromatic carbocycles. The SMILES string of the molecule is CC1CN(C2CC2)CCN1C[C@H](C)N. The molecule has 1 saturated heterocycles. The summed E-state index contributed by atoms with van der Waals surface area (Å²) >= 11 is 0. The van der Waals surface area contributed by atoms with E-state index in [4.69, 9.17) is 5.73 Å². The Morgan fingerprint density at radius 2 is 2.07 bits per heavy atom. The predicted molar refractivity (Wildman–Crippen MR) is 59.3 cm³/mol. The van der Waals surface area contributed by atoms with Gasteiger partial charge in [0.1, 0.15) is 0 Å². The Morgan fingerprint density at radius 1 is 1.36 bits per heavy atom. The van der Waals surface area contributed by atoms with Crippen molar-refractivity contribution in [3.05, 3.63) is 0 Å². The third kappa shape index (κ3) is 2.47.